The average molecular weight is 354 g/mol. The molecule has 1 aliphatic carbocycles. The monoisotopic (exact) mass is 354 g/mol. The fraction of sp³-hybridized carbons (Fsp3) is 0.389. The second-order valence-corrected chi connectivity index (χ2v) is 6.84. The van der Waals surface area contributed by atoms with E-state index in [0.29, 0.717) is 23.0 Å². The van der Waals surface area contributed by atoms with Gasteiger partial charge in [0.25, 0.3) is 0 Å². The molecule has 134 valence electrons. The van der Waals surface area contributed by atoms with Crippen molar-refractivity contribution >= 4 is 17.2 Å². The van der Waals surface area contributed by atoms with Crippen LogP contribution in [-0.2, 0) is 0 Å². The van der Waals surface area contributed by atoms with E-state index in [0.717, 1.165) is 31.6 Å². The highest BCUT2D eigenvalue weighted by molar-refractivity contribution is 5.65. The molecule has 0 unspecified atom stereocenters. The Morgan fingerprint density at radius 1 is 1.19 bits per heavy atom. The molecule has 1 saturated carbocycles. The number of nitrogens with zero attached hydrogens (tertiary/aromatic N) is 5. The van der Waals surface area contributed by atoms with E-state index in [1.807, 2.05) is 0 Å². The van der Waals surface area contributed by atoms with Crippen LogP contribution in [0, 0.1) is 16.6 Å². The van der Waals surface area contributed by atoms with Crippen LogP contribution in [0.15, 0.2) is 35.9 Å². The van der Waals surface area contributed by atoms with E-state index < -0.39 is 0 Å². The molecule has 26 heavy (non-hydrogen) atoms. The predicted molar refractivity (Wildman–Crippen MR) is 96.7 cm³/mol. The number of rotatable bonds is 4. The molecule has 4 rings (SSSR count). The number of pyridine rings is 1. The Balaban J connectivity index is 1.69. The van der Waals surface area contributed by atoms with Crippen molar-refractivity contribution in [1.82, 2.24) is 19.4 Å². The molecule has 7 nitrogen and oxygen atoms in total. The molecular formula is C18H19FN6O. The maximum atomic E-state index is 13.6. The van der Waals surface area contributed by atoms with Gasteiger partial charge in [0, 0.05) is 12.2 Å². The molecule has 0 amide bonds. The van der Waals surface area contributed by atoms with Gasteiger partial charge in [-0.1, -0.05) is 6.92 Å². The van der Waals surface area contributed by atoms with Gasteiger partial charge >= 0.3 is 0 Å². The lowest BCUT2D eigenvalue weighted by atomic mass is 9.87. The molecule has 3 aromatic rings. The third-order valence-corrected chi connectivity index (χ3v) is 4.92. The van der Waals surface area contributed by atoms with E-state index in [2.05, 4.69) is 32.4 Å². The molecule has 0 radical (unpaired) electrons. The van der Waals surface area contributed by atoms with Crippen LogP contribution >= 0.6 is 0 Å². The Kier molecular flexibility index (Phi) is 4.32. The number of fused-ring (bicyclic) bond motifs is 1. The van der Waals surface area contributed by atoms with Gasteiger partial charge in [-0.2, -0.15) is 0 Å². The average Bonchev–Trinajstić information content (AvgIpc) is 3.06. The van der Waals surface area contributed by atoms with Crippen molar-refractivity contribution in [1.29, 1.82) is 0 Å². The van der Waals surface area contributed by atoms with Crippen molar-refractivity contribution < 1.29 is 4.39 Å². The topological polar surface area (TPSA) is 84.5 Å². The number of halogens is 1. The van der Waals surface area contributed by atoms with Crippen molar-refractivity contribution in [2.75, 3.05) is 5.32 Å². The second-order valence-electron chi connectivity index (χ2n) is 6.84. The highest BCUT2D eigenvalue weighted by Gasteiger charge is 2.21. The zero-order valence-electron chi connectivity index (χ0n) is 14.4. The zero-order valence-corrected chi connectivity index (χ0v) is 14.4. The number of hydrogen-bond acceptors (Lipinski definition) is 6. The van der Waals surface area contributed by atoms with E-state index in [4.69, 9.17) is 0 Å². The normalized spacial score (nSPS) is 20.2. The lowest BCUT2D eigenvalue weighted by molar-refractivity contribution is 0.361. The summed E-state index contributed by atoms with van der Waals surface area (Å²) in [7, 11) is 0. The summed E-state index contributed by atoms with van der Waals surface area (Å²) in [5, 5.41) is 6.36. The van der Waals surface area contributed by atoms with Crippen LogP contribution in [0.3, 0.4) is 0 Å². The third-order valence-electron chi connectivity index (χ3n) is 4.92. The highest BCUT2D eigenvalue weighted by Crippen LogP contribution is 2.30. The maximum Gasteiger partial charge on any atom is 0.180 e. The van der Waals surface area contributed by atoms with Gasteiger partial charge in [0.15, 0.2) is 17.3 Å². The van der Waals surface area contributed by atoms with E-state index in [1.54, 1.807) is 16.7 Å². The fourth-order valence-corrected chi connectivity index (χ4v) is 3.39. The lowest BCUT2D eigenvalue weighted by Gasteiger charge is -2.27. The molecule has 0 atom stereocenters. The minimum Gasteiger partial charge on any atom is -0.365 e. The van der Waals surface area contributed by atoms with Gasteiger partial charge in [0.05, 0.1) is 12.4 Å². The van der Waals surface area contributed by atoms with Crippen LogP contribution in [0.2, 0.25) is 0 Å². The summed E-state index contributed by atoms with van der Waals surface area (Å²) in [6.45, 7) is 2.25. The molecule has 0 saturated heterocycles. The van der Waals surface area contributed by atoms with Crippen LogP contribution in [0.4, 0.5) is 15.9 Å². The van der Waals surface area contributed by atoms with Crippen molar-refractivity contribution in [2.45, 2.75) is 38.6 Å². The van der Waals surface area contributed by atoms with Crippen LogP contribution in [0.1, 0.15) is 32.6 Å². The Labute approximate surface area is 149 Å². The van der Waals surface area contributed by atoms with Gasteiger partial charge in [-0.25, -0.2) is 19.3 Å². The Bertz CT molecular complexity index is 948. The van der Waals surface area contributed by atoms with Crippen LogP contribution < -0.4 is 5.32 Å². The van der Waals surface area contributed by atoms with Gasteiger partial charge in [0.1, 0.15) is 17.2 Å². The van der Waals surface area contributed by atoms with E-state index in [-0.39, 0.29) is 17.5 Å². The van der Waals surface area contributed by atoms with Crippen LogP contribution in [0.25, 0.3) is 17.2 Å². The van der Waals surface area contributed by atoms with E-state index in [9.17, 15) is 9.30 Å². The third kappa shape index (κ3) is 3.14. The first-order valence-electron chi connectivity index (χ1n) is 8.74. The predicted octanol–water partition coefficient (Wildman–Crippen LogP) is 4.32. The molecule has 1 N–H and O–H groups in total. The minimum absolute atomic E-state index is 0.173. The molecule has 1 aliphatic rings. The molecule has 8 heteroatoms. The first-order chi connectivity index (χ1) is 12.6. The first-order valence-corrected chi connectivity index (χ1v) is 8.74. The summed E-state index contributed by atoms with van der Waals surface area (Å²) >= 11 is 0. The fourth-order valence-electron chi connectivity index (χ4n) is 3.39. The largest absolute Gasteiger partial charge is 0.365 e. The Morgan fingerprint density at radius 2 is 2.00 bits per heavy atom. The van der Waals surface area contributed by atoms with Crippen molar-refractivity contribution in [3.05, 3.63) is 41.4 Å². The summed E-state index contributed by atoms with van der Waals surface area (Å²) in [5.74, 6) is 1.13. The molecule has 0 aliphatic heterocycles. The van der Waals surface area contributed by atoms with Gasteiger partial charge in [-0.05, 0) is 48.9 Å². The Morgan fingerprint density at radius 3 is 2.77 bits per heavy atom. The molecule has 3 heterocycles. The molecule has 0 spiro atoms. The van der Waals surface area contributed by atoms with Crippen molar-refractivity contribution in [3.8, 4) is 11.5 Å². The summed E-state index contributed by atoms with van der Waals surface area (Å²) in [4.78, 5) is 24.1. The van der Waals surface area contributed by atoms with Gasteiger partial charge in [-0.15, -0.1) is 4.91 Å². The minimum atomic E-state index is -0.377. The van der Waals surface area contributed by atoms with Crippen molar-refractivity contribution in [2.24, 2.45) is 11.1 Å². The van der Waals surface area contributed by atoms with E-state index >= 15 is 0 Å². The molecule has 0 bridgehead atoms. The number of hydrogen-bond donors (Lipinski definition) is 1. The summed E-state index contributed by atoms with van der Waals surface area (Å²) < 4.78 is 15.2. The van der Waals surface area contributed by atoms with Gasteiger partial charge in [-0.3, -0.25) is 4.40 Å². The first kappa shape index (κ1) is 16.6. The number of imidazole rings is 1. The van der Waals surface area contributed by atoms with Crippen molar-refractivity contribution in [3.63, 3.8) is 0 Å². The zero-order chi connectivity index (χ0) is 18.1. The SMILES string of the molecule is CC1CCC(Nc2nc(-c3cnc4ccc(F)cn34)ncc2N=O)CC1. The summed E-state index contributed by atoms with van der Waals surface area (Å²) in [5.41, 5.74) is 1.32. The Hall–Kier alpha value is -2.90. The molecule has 0 aromatic carbocycles. The van der Waals surface area contributed by atoms with Crippen LogP contribution in [-0.4, -0.2) is 25.4 Å². The molecule has 3 aromatic heterocycles. The summed E-state index contributed by atoms with van der Waals surface area (Å²) in [6, 6.07) is 3.19. The smallest absolute Gasteiger partial charge is 0.180 e. The number of nitroso groups, excluding NO2 is 1. The standard InChI is InChI=1S/C18H19FN6O/c1-11-2-5-13(6-3-11)22-17-14(24-26)8-21-18(23-17)15-9-20-16-7-4-12(19)10-25(15)16/h4,7-11,13H,2-3,5-6H2,1H3,(H,21,22,23). The summed E-state index contributed by atoms with van der Waals surface area (Å²) in [6.07, 6.45) is 8.66. The van der Waals surface area contributed by atoms with E-state index in [1.165, 1.54) is 18.5 Å². The number of aromatic nitrogens is 4. The van der Waals surface area contributed by atoms with Crippen LogP contribution in [0.5, 0.6) is 0 Å². The lowest BCUT2D eigenvalue weighted by Crippen LogP contribution is -2.25. The molecule has 1 fully saturated rings. The second kappa shape index (κ2) is 6.78. The maximum absolute atomic E-state index is 13.6. The number of anilines is 1. The number of nitrogens with one attached hydrogen (secondary N) is 1. The quantitative estimate of drug-likeness (QED) is 0.705. The highest BCUT2D eigenvalue weighted by atomic mass is 19.1. The van der Waals surface area contributed by atoms with Gasteiger partial charge < -0.3 is 5.32 Å². The van der Waals surface area contributed by atoms with Gasteiger partial charge in [0.2, 0.25) is 0 Å². The molecular weight excluding hydrogens is 335 g/mol.